The van der Waals surface area contributed by atoms with Crippen molar-refractivity contribution >= 4 is 11.7 Å². The molecule has 2 rings (SSSR count). The third kappa shape index (κ3) is 7.26. The second kappa shape index (κ2) is 12.1. The molecule has 0 bridgehead atoms. The Morgan fingerprint density at radius 2 is 1.74 bits per heavy atom. The number of hydrogen-bond acceptors (Lipinski definition) is 8. The highest BCUT2D eigenvalue weighted by molar-refractivity contribution is 5.94. The lowest BCUT2D eigenvalue weighted by molar-refractivity contribution is -0.295. The second-order valence-electron chi connectivity index (χ2n) is 7.90. The molecule has 1 heterocycles. The van der Waals surface area contributed by atoms with Gasteiger partial charge in [0, 0.05) is 31.1 Å². The molecule has 1 aromatic rings. The van der Waals surface area contributed by atoms with Gasteiger partial charge in [0.1, 0.15) is 35.9 Å². The summed E-state index contributed by atoms with van der Waals surface area (Å²) < 4.78 is 16.2. The number of methoxy groups -OCH3 is 1. The lowest BCUT2D eigenvalue weighted by Gasteiger charge is -2.40. The number of rotatable bonds is 11. The van der Waals surface area contributed by atoms with Crippen LogP contribution in [0, 0.1) is 5.92 Å². The van der Waals surface area contributed by atoms with Crippen molar-refractivity contribution in [2.24, 2.45) is 5.92 Å². The summed E-state index contributed by atoms with van der Waals surface area (Å²) in [5, 5.41) is 33.1. The smallest absolute Gasteiger partial charge is 0.251 e. The lowest BCUT2D eigenvalue weighted by atomic mass is 9.98. The van der Waals surface area contributed by atoms with Gasteiger partial charge in [-0.05, 0) is 37.1 Å². The van der Waals surface area contributed by atoms with Crippen molar-refractivity contribution in [1.29, 1.82) is 0 Å². The molecule has 0 saturated carbocycles. The molecule has 1 fully saturated rings. The maximum atomic E-state index is 12.3. The average molecular weight is 440 g/mol. The van der Waals surface area contributed by atoms with Gasteiger partial charge in [-0.15, -0.1) is 0 Å². The van der Waals surface area contributed by atoms with E-state index in [1.54, 1.807) is 24.3 Å². The van der Waals surface area contributed by atoms with Gasteiger partial charge in [-0.1, -0.05) is 13.8 Å². The van der Waals surface area contributed by atoms with E-state index >= 15 is 0 Å². The van der Waals surface area contributed by atoms with Gasteiger partial charge in [0.25, 0.3) is 5.91 Å². The topological polar surface area (TPSA) is 135 Å². The van der Waals surface area contributed by atoms with Crippen LogP contribution in [-0.4, -0.2) is 78.0 Å². The predicted molar refractivity (Wildman–Crippen MR) is 112 cm³/mol. The maximum absolute atomic E-state index is 12.3. The summed E-state index contributed by atoms with van der Waals surface area (Å²) in [5.41, 5.74) is 0.399. The molecule has 0 aromatic heterocycles. The van der Waals surface area contributed by atoms with Gasteiger partial charge in [0.2, 0.25) is 0 Å². The van der Waals surface area contributed by atoms with Crippen molar-refractivity contribution in [2.75, 3.05) is 20.3 Å². The zero-order valence-corrected chi connectivity index (χ0v) is 18.2. The number of hydrogen-bond donors (Lipinski definition) is 4. The summed E-state index contributed by atoms with van der Waals surface area (Å²) in [5.74, 6) is 0.412. The molecular weight excluding hydrogens is 406 g/mol. The molecule has 4 N–H and O–H groups in total. The van der Waals surface area contributed by atoms with Gasteiger partial charge in [0.15, 0.2) is 6.29 Å². The quantitative estimate of drug-likeness (QED) is 0.369. The summed E-state index contributed by atoms with van der Waals surface area (Å²) in [6.07, 6.45) is -4.74. The SMILES string of the molecule is COc1ccc(C(=O)NCC2O[C@@H](OCCCCC(=O)C(C)C)C(O)[C@@H](O)[C@@H]2O)cc1. The third-order valence-electron chi connectivity index (χ3n) is 5.23. The van der Waals surface area contributed by atoms with Crippen molar-refractivity contribution in [2.45, 2.75) is 63.8 Å². The molecule has 1 aliphatic heterocycles. The Balaban J connectivity index is 1.82. The Labute approximate surface area is 182 Å². The van der Waals surface area contributed by atoms with Gasteiger partial charge >= 0.3 is 0 Å². The molecule has 1 amide bonds. The molecule has 0 aliphatic carbocycles. The van der Waals surface area contributed by atoms with Crippen LogP contribution < -0.4 is 10.1 Å². The number of amides is 1. The standard InChI is InChI=1S/C22H33NO8/c1-13(2)16(24)6-4-5-11-30-22-20(27)19(26)18(25)17(31-22)12-23-21(28)14-7-9-15(29-3)10-8-14/h7-10,13,17-20,22,25-27H,4-6,11-12H2,1-3H3,(H,23,28)/t17?,18-,19+,20?,22-/m1/s1. The number of carbonyl (C=O) groups is 2. The van der Waals surface area contributed by atoms with Crippen LogP contribution in [0.3, 0.4) is 0 Å². The molecule has 174 valence electrons. The number of nitrogens with one attached hydrogen (secondary N) is 1. The lowest BCUT2D eigenvalue weighted by Crippen LogP contribution is -2.60. The number of unbranched alkanes of at least 4 members (excludes halogenated alkanes) is 1. The fourth-order valence-electron chi connectivity index (χ4n) is 3.15. The summed E-state index contributed by atoms with van der Waals surface area (Å²) in [6, 6.07) is 6.50. The summed E-state index contributed by atoms with van der Waals surface area (Å²) in [4.78, 5) is 23.9. The first-order chi connectivity index (χ1) is 14.7. The molecule has 9 heteroatoms. The first-order valence-corrected chi connectivity index (χ1v) is 10.5. The molecule has 0 radical (unpaired) electrons. The van der Waals surface area contributed by atoms with Crippen LogP contribution in [-0.2, 0) is 14.3 Å². The highest BCUT2D eigenvalue weighted by Crippen LogP contribution is 2.22. The Kier molecular flexibility index (Phi) is 9.86. The van der Waals surface area contributed by atoms with Gasteiger partial charge in [-0.3, -0.25) is 9.59 Å². The predicted octanol–water partition coefficient (Wildman–Crippen LogP) is 0.645. The largest absolute Gasteiger partial charge is 0.497 e. The molecule has 1 saturated heterocycles. The number of ketones is 1. The molecule has 1 aliphatic rings. The highest BCUT2D eigenvalue weighted by atomic mass is 16.7. The second-order valence-corrected chi connectivity index (χ2v) is 7.90. The van der Waals surface area contributed by atoms with E-state index in [1.807, 2.05) is 13.8 Å². The minimum Gasteiger partial charge on any atom is -0.497 e. The zero-order valence-electron chi connectivity index (χ0n) is 18.2. The van der Waals surface area contributed by atoms with Gasteiger partial charge in [-0.2, -0.15) is 0 Å². The van der Waals surface area contributed by atoms with E-state index < -0.39 is 30.7 Å². The van der Waals surface area contributed by atoms with Gasteiger partial charge in [-0.25, -0.2) is 0 Å². The van der Waals surface area contributed by atoms with E-state index in [-0.39, 0.29) is 30.8 Å². The van der Waals surface area contributed by atoms with Crippen LogP contribution in [0.2, 0.25) is 0 Å². The molecule has 2 unspecified atom stereocenters. The number of aliphatic hydroxyl groups excluding tert-OH is 3. The number of ether oxygens (including phenoxy) is 3. The van der Waals surface area contributed by atoms with E-state index in [9.17, 15) is 24.9 Å². The molecule has 31 heavy (non-hydrogen) atoms. The first kappa shape index (κ1) is 25.2. The minimum atomic E-state index is -1.48. The Bertz CT molecular complexity index is 708. The van der Waals surface area contributed by atoms with E-state index in [4.69, 9.17) is 14.2 Å². The minimum absolute atomic E-state index is 0.00469. The van der Waals surface area contributed by atoms with Crippen molar-refractivity contribution in [3.63, 3.8) is 0 Å². The number of carbonyl (C=O) groups excluding carboxylic acids is 2. The molecular formula is C22H33NO8. The van der Waals surface area contributed by atoms with Crippen LogP contribution in [0.1, 0.15) is 43.5 Å². The van der Waals surface area contributed by atoms with Crippen molar-refractivity contribution < 1.29 is 39.1 Å². The monoisotopic (exact) mass is 439 g/mol. The normalized spacial score (nSPS) is 26.0. The summed E-state index contributed by atoms with van der Waals surface area (Å²) >= 11 is 0. The van der Waals surface area contributed by atoms with Gasteiger partial charge < -0.3 is 34.8 Å². The maximum Gasteiger partial charge on any atom is 0.251 e. The van der Waals surface area contributed by atoms with Crippen molar-refractivity contribution in [3.8, 4) is 5.75 Å². The van der Waals surface area contributed by atoms with E-state index in [1.165, 1.54) is 7.11 Å². The van der Waals surface area contributed by atoms with Crippen LogP contribution in [0.5, 0.6) is 5.75 Å². The number of aliphatic hydroxyl groups is 3. The number of benzene rings is 1. The Morgan fingerprint density at radius 3 is 2.35 bits per heavy atom. The van der Waals surface area contributed by atoms with E-state index in [0.29, 0.717) is 30.6 Å². The van der Waals surface area contributed by atoms with Crippen molar-refractivity contribution in [1.82, 2.24) is 5.32 Å². The van der Waals surface area contributed by atoms with Crippen LogP contribution in [0.4, 0.5) is 0 Å². The van der Waals surface area contributed by atoms with Crippen LogP contribution in [0.15, 0.2) is 24.3 Å². The Morgan fingerprint density at radius 1 is 1.06 bits per heavy atom. The fourth-order valence-corrected chi connectivity index (χ4v) is 3.15. The zero-order chi connectivity index (χ0) is 23.0. The summed E-state index contributed by atoms with van der Waals surface area (Å²) in [6.45, 7) is 3.84. The van der Waals surface area contributed by atoms with Gasteiger partial charge in [0.05, 0.1) is 7.11 Å². The third-order valence-corrected chi connectivity index (χ3v) is 5.23. The van der Waals surface area contributed by atoms with Crippen LogP contribution in [0.25, 0.3) is 0 Å². The molecule has 9 nitrogen and oxygen atoms in total. The Hall–Kier alpha value is -2.04. The molecule has 5 atom stereocenters. The van der Waals surface area contributed by atoms with Crippen molar-refractivity contribution in [3.05, 3.63) is 29.8 Å². The molecule has 1 aromatic carbocycles. The average Bonchev–Trinajstić information content (AvgIpc) is 2.77. The highest BCUT2D eigenvalue weighted by Gasteiger charge is 2.44. The van der Waals surface area contributed by atoms with E-state index in [0.717, 1.165) is 0 Å². The molecule has 0 spiro atoms. The summed E-state index contributed by atoms with van der Waals surface area (Å²) in [7, 11) is 1.53. The fraction of sp³-hybridized carbons (Fsp3) is 0.636. The van der Waals surface area contributed by atoms with E-state index in [2.05, 4.69) is 5.32 Å². The number of Topliss-reactive ketones (excluding diaryl/α,β-unsaturated/α-hetero) is 1. The first-order valence-electron chi connectivity index (χ1n) is 10.5. The van der Waals surface area contributed by atoms with Crippen LogP contribution >= 0.6 is 0 Å².